The Kier molecular flexibility index (Phi) is 23.9. The predicted octanol–water partition coefficient (Wildman–Crippen LogP) is 11.4. The Balaban J connectivity index is 0.000000177. The molecule has 6 fully saturated rings. The van der Waals surface area contributed by atoms with Crippen molar-refractivity contribution in [1.82, 2.24) is 35.4 Å². The van der Waals surface area contributed by atoms with E-state index in [0.717, 1.165) is 64.3 Å². The molecular weight excluding hydrogens is 1270 g/mol. The molecule has 25 nitrogen and oxygen atoms in total. The lowest BCUT2D eigenvalue weighted by atomic mass is 10.0. The molecule has 25 heteroatoms. The van der Waals surface area contributed by atoms with Crippen molar-refractivity contribution in [3.8, 4) is 0 Å². The van der Waals surface area contributed by atoms with Crippen molar-refractivity contribution in [3.63, 3.8) is 0 Å². The summed E-state index contributed by atoms with van der Waals surface area (Å²) in [6, 6.07) is 30.7. The maximum absolute atomic E-state index is 13.3. The second kappa shape index (κ2) is 31.0. The maximum Gasteiger partial charge on any atom is 0.410 e. The molecule has 0 saturated heterocycles. The molecule has 3 aromatic carbocycles. The summed E-state index contributed by atoms with van der Waals surface area (Å²) in [5, 5.41) is 41.5. The summed E-state index contributed by atoms with van der Waals surface area (Å²) in [6.07, 6.45) is 7.96. The van der Waals surface area contributed by atoms with E-state index in [1.165, 1.54) is 16.7 Å². The molecule has 540 valence electrons. The zero-order chi connectivity index (χ0) is 72.6. The number of esters is 2. The van der Waals surface area contributed by atoms with Gasteiger partial charge in [0.05, 0.1) is 30.1 Å². The van der Waals surface area contributed by atoms with Gasteiger partial charge in [0.2, 0.25) is 11.8 Å². The minimum absolute atomic E-state index is 0.0601. The molecule has 11 rings (SSSR count). The van der Waals surface area contributed by atoms with Crippen molar-refractivity contribution in [2.45, 2.75) is 249 Å². The van der Waals surface area contributed by atoms with E-state index < -0.39 is 63.6 Å². The molecule has 2 amide bonds. The molecule has 6 aliphatic rings. The van der Waals surface area contributed by atoms with Crippen LogP contribution in [0.2, 0.25) is 0 Å². The molecule has 0 bridgehead atoms. The summed E-state index contributed by atoms with van der Waals surface area (Å²) in [4.78, 5) is 83.4. The van der Waals surface area contributed by atoms with Crippen molar-refractivity contribution in [1.29, 1.82) is 0 Å². The van der Waals surface area contributed by atoms with Gasteiger partial charge in [0.25, 0.3) is 0 Å². The van der Waals surface area contributed by atoms with Gasteiger partial charge >= 0.3 is 36.1 Å². The highest BCUT2D eigenvalue weighted by atomic mass is 16.6. The average Bonchev–Trinajstić information content (AvgIpc) is 1.63. The van der Waals surface area contributed by atoms with Crippen LogP contribution in [-0.2, 0) is 61.8 Å². The highest BCUT2D eigenvalue weighted by Crippen LogP contribution is 2.54. The Morgan fingerprint density at radius 1 is 0.576 bits per heavy atom. The topological polar surface area (TPSA) is 361 Å². The van der Waals surface area contributed by atoms with Gasteiger partial charge in [-0.3, -0.25) is 19.2 Å². The third kappa shape index (κ3) is 22.5. The van der Waals surface area contributed by atoms with E-state index in [9.17, 15) is 28.8 Å². The molecule has 99 heavy (non-hydrogen) atoms. The van der Waals surface area contributed by atoms with Crippen molar-refractivity contribution in [3.05, 3.63) is 131 Å². The van der Waals surface area contributed by atoms with Crippen molar-refractivity contribution in [2.24, 2.45) is 33.9 Å². The molecule has 0 spiro atoms. The summed E-state index contributed by atoms with van der Waals surface area (Å²) in [5.41, 5.74) is 12.2. The van der Waals surface area contributed by atoms with Crippen LogP contribution in [0.1, 0.15) is 219 Å². The smallest absolute Gasteiger partial charge is 0.410 e. The number of aliphatic carboxylic acids is 2. The van der Waals surface area contributed by atoms with Crippen molar-refractivity contribution < 1.29 is 72.2 Å². The molecule has 6 saturated carbocycles. The number of aromatic nitrogens is 4. The largest absolute Gasteiger partial charge is 0.481 e. The SMILES string of the molecule is CC(C)(C)OC(=O)N(CC1(C(N)=NO)CC1)[C@@H]1C[C@H]1c1ccccc1.C[C@@H](CC(=O)O)C(=O)OC(C)(C)C.C[C@@H](Cc1nc(C2(CN(C(=O)OC(C)(C)C)[C@@H]3C[C@H]3c3ccccc3)CC2)no1)C(=O)OC(C)(C)C.N[C@@H](Cc1nc(C2(CN[C@@H]3C[C@H]3c3ccccc3)CC2)no1)C(=O)O. The standard InChI is InChI=1S/C28H39N3O5.C19H27N3O3.C18H22N4O3.C9H16O4/c1-18(23(32)34-26(2,3)4)15-22-29-24(30-36-22)28(13-14-28)17-31(25(33)35-27(5,6)7)21-16-20(21)19-11-9-8-10-12-19;1-18(2,3)25-17(23)22(12-19(9-10-19)16(20)21-24)15-11-14(15)13-7-5-4-6-8-13;19-13(16(23)24)9-15-21-17(22-25-15)18(6-7-18)10-20-14-8-12(14)11-4-2-1-3-5-11;1-6(5-7(10)11)8(12)13-9(2,3)4/h8-12,18,20-21H,13-17H2,1-7H3;4-8,14-15,24H,9-12H2,1-3H3,(H2,20,21);1-5,12-14,20H,6-10,19H2,(H,23,24);6H,5H2,1-4H3,(H,10,11)/t18-,20-,21+;14-,15+;12-,13-,14+;6-/m0000/s1. The number of nitrogens with two attached hydrogens (primary N) is 2. The minimum Gasteiger partial charge on any atom is -0.481 e. The highest BCUT2D eigenvalue weighted by Gasteiger charge is 2.57. The summed E-state index contributed by atoms with van der Waals surface area (Å²) in [7, 11) is 0. The lowest BCUT2D eigenvalue weighted by Gasteiger charge is -2.30. The number of ether oxygens (including phenoxy) is 4. The molecule has 8 N–H and O–H groups in total. The molecule has 2 aromatic heterocycles. The van der Waals surface area contributed by atoms with Crippen LogP contribution in [0.15, 0.2) is 105 Å². The highest BCUT2D eigenvalue weighted by molar-refractivity contribution is 5.89. The van der Waals surface area contributed by atoms with Gasteiger partial charge in [-0.1, -0.05) is 120 Å². The van der Waals surface area contributed by atoms with Crippen LogP contribution in [0, 0.1) is 17.3 Å². The Labute approximate surface area is 580 Å². The number of oxime groups is 1. The third-order valence-electron chi connectivity index (χ3n) is 18.1. The number of benzene rings is 3. The number of amides is 2. The van der Waals surface area contributed by atoms with Gasteiger partial charge in [0, 0.05) is 72.8 Å². The average molecular weight is 1370 g/mol. The van der Waals surface area contributed by atoms with E-state index >= 15 is 0 Å². The van der Waals surface area contributed by atoms with Crippen molar-refractivity contribution in [2.75, 3.05) is 19.6 Å². The molecule has 0 radical (unpaired) electrons. The Morgan fingerprint density at radius 3 is 1.37 bits per heavy atom. The van der Waals surface area contributed by atoms with Gasteiger partial charge in [-0.15, -0.1) is 0 Å². The number of nitrogens with zero attached hydrogens (tertiary/aromatic N) is 7. The van der Waals surface area contributed by atoms with E-state index in [-0.39, 0.29) is 59.7 Å². The summed E-state index contributed by atoms with van der Waals surface area (Å²) in [6.45, 7) is 27.1. The monoisotopic (exact) mass is 1370 g/mol. The van der Waals surface area contributed by atoms with Crippen LogP contribution in [0.3, 0.4) is 0 Å². The summed E-state index contributed by atoms with van der Waals surface area (Å²) < 4.78 is 32.6. The summed E-state index contributed by atoms with van der Waals surface area (Å²) >= 11 is 0. The second-order valence-electron chi connectivity index (χ2n) is 31.8. The van der Waals surface area contributed by atoms with Crippen LogP contribution in [0.5, 0.6) is 0 Å². The first kappa shape index (κ1) is 76.3. The van der Waals surface area contributed by atoms with Gasteiger partial charge < -0.3 is 70.0 Å². The van der Waals surface area contributed by atoms with Crippen LogP contribution < -0.4 is 16.8 Å². The predicted molar refractivity (Wildman–Crippen MR) is 367 cm³/mol. The van der Waals surface area contributed by atoms with E-state index in [2.05, 4.69) is 79.3 Å². The molecular formula is C74H104N10O15. The number of rotatable bonds is 24. The first-order valence-electron chi connectivity index (χ1n) is 34.5. The Bertz CT molecular complexity index is 3580. The minimum atomic E-state index is -1.07. The molecule has 0 aliphatic heterocycles. The van der Waals surface area contributed by atoms with Crippen LogP contribution in [0.4, 0.5) is 9.59 Å². The quantitative estimate of drug-likeness (QED) is 0.00834. The molecule has 5 aromatic rings. The van der Waals surface area contributed by atoms with Crippen molar-refractivity contribution >= 4 is 41.9 Å². The van der Waals surface area contributed by atoms with E-state index in [1.807, 2.05) is 110 Å². The van der Waals surface area contributed by atoms with Crippen LogP contribution in [0.25, 0.3) is 0 Å². The second-order valence-corrected chi connectivity index (χ2v) is 31.8. The molecule has 6 aliphatic carbocycles. The number of carboxylic acids is 2. The molecule has 0 unspecified atom stereocenters. The van der Waals surface area contributed by atoms with E-state index in [4.69, 9.17) is 54.9 Å². The maximum atomic E-state index is 13.3. The van der Waals surface area contributed by atoms with E-state index in [1.54, 1.807) is 39.5 Å². The van der Waals surface area contributed by atoms with Gasteiger partial charge in [-0.2, -0.15) is 9.97 Å². The Morgan fingerprint density at radius 2 is 0.980 bits per heavy atom. The number of hydrogen-bond acceptors (Lipinski definition) is 20. The molecule has 2 heterocycles. The Hall–Kier alpha value is -8.45. The number of hydrogen-bond donors (Lipinski definition) is 6. The molecule has 9 atom stereocenters. The fourth-order valence-corrected chi connectivity index (χ4v) is 11.8. The van der Waals surface area contributed by atoms with Crippen LogP contribution in [-0.4, -0.2) is 154 Å². The fraction of sp³-hybridized carbons (Fsp3) is 0.608. The number of carbonyl (C=O) groups is 6. The third-order valence-corrected chi connectivity index (χ3v) is 18.1. The summed E-state index contributed by atoms with van der Waals surface area (Å²) in [5.74, 6) is -0.413. The van der Waals surface area contributed by atoms with Gasteiger partial charge in [0.1, 0.15) is 34.3 Å². The number of carboxylic acid groups (broad SMARTS) is 2. The first-order valence-corrected chi connectivity index (χ1v) is 34.5. The van der Waals surface area contributed by atoms with Crippen LogP contribution >= 0.6 is 0 Å². The van der Waals surface area contributed by atoms with E-state index in [0.29, 0.717) is 66.7 Å². The first-order chi connectivity index (χ1) is 46.3. The van der Waals surface area contributed by atoms with Gasteiger partial charge in [-0.25, -0.2) is 9.59 Å². The fourth-order valence-electron chi connectivity index (χ4n) is 11.8. The van der Waals surface area contributed by atoms with Gasteiger partial charge in [0.15, 0.2) is 11.6 Å². The number of carbonyl (C=O) groups excluding carboxylic acids is 4. The van der Waals surface area contributed by atoms with Gasteiger partial charge in [-0.05, 0) is 158 Å². The zero-order valence-corrected chi connectivity index (χ0v) is 60.0. The number of nitrogens with one attached hydrogen (secondary N) is 1. The lowest BCUT2D eigenvalue weighted by Crippen LogP contribution is -2.45. The zero-order valence-electron chi connectivity index (χ0n) is 60.0. The normalized spacial score (nSPS) is 22.0. The number of amidine groups is 1. The lowest BCUT2D eigenvalue weighted by molar-refractivity contribution is -0.162.